The second kappa shape index (κ2) is 7.66. The highest BCUT2D eigenvalue weighted by atomic mass is 16.5. The first kappa shape index (κ1) is 18.5. The first-order valence-electron chi connectivity index (χ1n) is 9.94. The molecular weight excluding hydrogens is 352 g/mol. The monoisotopic (exact) mass is 378 g/mol. The number of fused-ring (bicyclic) bond motifs is 2. The number of nitrogens with one attached hydrogen (secondary N) is 1. The van der Waals surface area contributed by atoms with E-state index in [1.165, 1.54) is 0 Å². The van der Waals surface area contributed by atoms with Gasteiger partial charge in [-0.05, 0) is 48.4 Å². The number of carbonyl (C=O) groups is 2. The summed E-state index contributed by atoms with van der Waals surface area (Å²) in [6.07, 6.45) is 2.52. The maximum Gasteiger partial charge on any atom is 0.227 e. The van der Waals surface area contributed by atoms with E-state index in [0.717, 1.165) is 34.7 Å². The Balaban J connectivity index is 1.48. The molecule has 28 heavy (non-hydrogen) atoms. The maximum atomic E-state index is 13.1. The third kappa shape index (κ3) is 3.37. The second-order valence-corrected chi connectivity index (χ2v) is 7.72. The Bertz CT molecular complexity index is 908. The van der Waals surface area contributed by atoms with Crippen molar-refractivity contribution in [1.82, 2.24) is 0 Å². The van der Waals surface area contributed by atoms with Crippen LogP contribution in [-0.2, 0) is 16.0 Å². The van der Waals surface area contributed by atoms with E-state index in [4.69, 9.17) is 4.74 Å². The summed E-state index contributed by atoms with van der Waals surface area (Å²) in [5, 5.41) is 2.97. The molecule has 0 aromatic heterocycles. The van der Waals surface area contributed by atoms with Crippen LogP contribution < -0.4 is 15.0 Å². The molecule has 5 heteroatoms. The Labute approximate surface area is 165 Å². The van der Waals surface area contributed by atoms with Gasteiger partial charge in [0, 0.05) is 24.6 Å². The second-order valence-electron chi connectivity index (χ2n) is 7.72. The predicted molar refractivity (Wildman–Crippen MR) is 110 cm³/mol. The van der Waals surface area contributed by atoms with Gasteiger partial charge < -0.3 is 15.0 Å². The van der Waals surface area contributed by atoms with Crippen molar-refractivity contribution in [2.75, 3.05) is 23.9 Å². The van der Waals surface area contributed by atoms with Crippen LogP contribution in [0, 0.1) is 5.92 Å². The topological polar surface area (TPSA) is 58.6 Å². The van der Waals surface area contributed by atoms with E-state index in [0.29, 0.717) is 31.7 Å². The highest BCUT2D eigenvalue weighted by molar-refractivity contribution is 5.98. The normalized spacial score (nSPS) is 20.8. The first-order valence-corrected chi connectivity index (χ1v) is 9.94. The van der Waals surface area contributed by atoms with E-state index in [2.05, 4.69) is 18.3 Å². The smallest absolute Gasteiger partial charge is 0.227 e. The molecule has 2 aliphatic heterocycles. The van der Waals surface area contributed by atoms with E-state index in [1.807, 2.05) is 41.3 Å². The molecular formula is C23H26N2O3. The fraction of sp³-hybridized carbons (Fsp3) is 0.391. The molecule has 2 aromatic carbocycles. The third-order valence-corrected chi connectivity index (χ3v) is 5.96. The van der Waals surface area contributed by atoms with Crippen molar-refractivity contribution in [3.63, 3.8) is 0 Å². The molecule has 5 nitrogen and oxygen atoms in total. The zero-order chi connectivity index (χ0) is 19.7. The van der Waals surface area contributed by atoms with E-state index < -0.39 is 0 Å². The minimum Gasteiger partial charge on any atom is -0.495 e. The van der Waals surface area contributed by atoms with Crippen LogP contribution in [0.5, 0.6) is 5.75 Å². The molecule has 0 fully saturated rings. The number of amides is 2. The average molecular weight is 378 g/mol. The Hall–Kier alpha value is -2.82. The third-order valence-electron chi connectivity index (χ3n) is 5.96. The van der Waals surface area contributed by atoms with Gasteiger partial charge in [0.05, 0.1) is 12.8 Å². The van der Waals surface area contributed by atoms with E-state index in [1.54, 1.807) is 7.11 Å². The van der Waals surface area contributed by atoms with Crippen LogP contribution in [0.4, 0.5) is 11.4 Å². The van der Waals surface area contributed by atoms with Gasteiger partial charge in [0.15, 0.2) is 0 Å². The molecule has 0 saturated carbocycles. The molecule has 146 valence electrons. The number of nitrogens with zero attached hydrogens (tertiary/aromatic N) is 1. The quantitative estimate of drug-likeness (QED) is 0.870. The number of ether oxygens (including phenoxy) is 1. The van der Waals surface area contributed by atoms with Crippen LogP contribution in [0.15, 0.2) is 42.5 Å². The van der Waals surface area contributed by atoms with Crippen molar-refractivity contribution in [2.45, 2.75) is 38.5 Å². The predicted octanol–water partition coefficient (Wildman–Crippen LogP) is 4.13. The summed E-state index contributed by atoms with van der Waals surface area (Å²) in [5.74, 6) is 1.04. The van der Waals surface area contributed by atoms with Gasteiger partial charge in [-0.25, -0.2) is 0 Å². The Morgan fingerprint density at radius 2 is 2.04 bits per heavy atom. The highest BCUT2D eigenvalue weighted by Crippen LogP contribution is 2.41. The van der Waals surface area contributed by atoms with Gasteiger partial charge in [-0.3, -0.25) is 9.59 Å². The lowest BCUT2D eigenvalue weighted by atomic mass is 9.88. The van der Waals surface area contributed by atoms with Crippen molar-refractivity contribution in [1.29, 1.82) is 0 Å². The molecule has 2 aliphatic rings. The lowest BCUT2D eigenvalue weighted by Gasteiger charge is -2.34. The van der Waals surface area contributed by atoms with Gasteiger partial charge in [-0.2, -0.15) is 0 Å². The number of methoxy groups -OCH3 is 1. The molecule has 2 atom stereocenters. The van der Waals surface area contributed by atoms with Crippen LogP contribution in [0.25, 0.3) is 0 Å². The largest absolute Gasteiger partial charge is 0.495 e. The molecule has 4 rings (SSSR count). The highest BCUT2D eigenvalue weighted by Gasteiger charge is 2.31. The van der Waals surface area contributed by atoms with Crippen LogP contribution in [0.2, 0.25) is 0 Å². The molecule has 2 heterocycles. The maximum absolute atomic E-state index is 13.1. The number of rotatable bonds is 4. The minimum absolute atomic E-state index is 0.0109. The number of hydrogen-bond donors (Lipinski definition) is 1. The van der Waals surface area contributed by atoms with Gasteiger partial charge in [0.25, 0.3) is 0 Å². The van der Waals surface area contributed by atoms with Gasteiger partial charge in [0.1, 0.15) is 5.75 Å². The van der Waals surface area contributed by atoms with Crippen molar-refractivity contribution in [3.8, 4) is 5.75 Å². The van der Waals surface area contributed by atoms with Crippen LogP contribution in [-0.4, -0.2) is 25.5 Å². The van der Waals surface area contributed by atoms with E-state index in [9.17, 15) is 9.59 Å². The molecule has 0 bridgehead atoms. The number of hydrogen-bond acceptors (Lipinski definition) is 3. The van der Waals surface area contributed by atoms with Crippen molar-refractivity contribution >= 4 is 23.2 Å². The molecule has 1 N–H and O–H groups in total. The van der Waals surface area contributed by atoms with Crippen LogP contribution in [0.3, 0.4) is 0 Å². The lowest BCUT2D eigenvalue weighted by Crippen LogP contribution is -2.37. The number of anilines is 2. The summed E-state index contributed by atoms with van der Waals surface area (Å²) in [4.78, 5) is 27.4. The summed E-state index contributed by atoms with van der Waals surface area (Å²) >= 11 is 0. The zero-order valence-electron chi connectivity index (χ0n) is 16.4. The summed E-state index contributed by atoms with van der Waals surface area (Å²) in [6.45, 7) is 2.87. The molecule has 2 aromatic rings. The van der Waals surface area contributed by atoms with Crippen molar-refractivity contribution < 1.29 is 14.3 Å². The summed E-state index contributed by atoms with van der Waals surface area (Å²) in [7, 11) is 1.64. The number of benzene rings is 2. The van der Waals surface area contributed by atoms with Crippen LogP contribution in [0.1, 0.15) is 43.2 Å². The standard InChI is InChI=1S/C23H26N2O3/c1-15-12-13-25(22-18(15)7-5-9-20(22)28-2)21(26)11-10-17-14-16-6-3-4-8-19(16)24-23(17)27/h3-9,15,17H,10-14H2,1-2H3,(H,24,27)/t15-,17+/m1/s1. The summed E-state index contributed by atoms with van der Waals surface area (Å²) in [6, 6.07) is 13.8. The fourth-order valence-electron chi connectivity index (χ4n) is 4.31. The Morgan fingerprint density at radius 3 is 2.86 bits per heavy atom. The van der Waals surface area contributed by atoms with Gasteiger partial charge in [-0.15, -0.1) is 0 Å². The van der Waals surface area contributed by atoms with Crippen molar-refractivity contribution in [2.24, 2.45) is 5.92 Å². The number of carbonyl (C=O) groups excluding carboxylic acids is 2. The molecule has 0 unspecified atom stereocenters. The van der Waals surface area contributed by atoms with E-state index >= 15 is 0 Å². The first-order chi connectivity index (χ1) is 13.6. The Morgan fingerprint density at radius 1 is 1.21 bits per heavy atom. The lowest BCUT2D eigenvalue weighted by molar-refractivity contribution is -0.121. The van der Waals surface area contributed by atoms with E-state index in [-0.39, 0.29) is 17.7 Å². The fourth-order valence-corrected chi connectivity index (χ4v) is 4.31. The molecule has 0 radical (unpaired) electrons. The van der Waals surface area contributed by atoms with Gasteiger partial charge >= 0.3 is 0 Å². The summed E-state index contributed by atoms with van der Waals surface area (Å²) in [5.41, 5.74) is 4.08. The van der Waals surface area contributed by atoms with Gasteiger partial charge in [-0.1, -0.05) is 37.3 Å². The molecule has 0 spiro atoms. The zero-order valence-corrected chi connectivity index (χ0v) is 16.4. The molecule has 0 saturated heterocycles. The average Bonchev–Trinajstić information content (AvgIpc) is 2.72. The van der Waals surface area contributed by atoms with Crippen LogP contribution >= 0.6 is 0 Å². The number of para-hydroxylation sites is 2. The van der Waals surface area contributed by atoms with Gasteiger partial charge in [0.2, 0.25) is 11.8 Å². The molecule has 0 aliphatic carbocycles. The van der Waals surface area contributed by atoms with Crippen molar-refractivity contribution in [3.05, 3.63) is 53.6 Å². The molecule has 2 amide bonds. The Kier molecular flexibility index (Phi) is 5.07. The minimum atomic E-state index is -0.167. The summed E-state index contributed by atoms with van der Waals surface area (Å²) < 4.78 is 5.53. The SMILES string of the molecule is COc1cccc2c1N(C(=O)CC[C@H]1Cc3ccccc3NC1=O)CC[C@H]2C.